The Morgan fingerprint density at radius 1 is 0.850 bits per heavy atom. The van der Waals surface area contributed by atoms with E-state index in [1.165, 1.54) is 10.8 Å². The summed E-state index contributed by atoms with van der Waals surface area (Å²) in [5, 5.41) is 6.69. The number of rotatable bonds is 3. The molecule has 3 rings (SSSR count). The van der Waals surface area contributed by atoms with Gasteiger partial charge in [0.25, 0.3) is 0 Å². The van der Waals surface area contributed by atoms with E-state index in [1.807, 2.05) is 54.7 Å². The highest BCUT2D eigenvalue weighted by atomic mass is 79.9. The third kappa shape index (κ3) is 2.73. The Balaban J connectivity index is 1.86. The highest BCUT2D eigenvalue weighted by molar-refractivity contribution is 9.10. The normalized spacial score (nSPS) is 11.1. The zero-order valence-corrected chi connectivity index (χ0v) is 12.3. The minimum Gasteiger partial charge on any atom is -0.278 e. The number of hydrogen-bond donors (Lipinski definition) is 1. The van der Waals surface area contributed by atoms with Crippen LogP contribution in [0.1, 0.15) is 5.56 Å². The van der Waals surface area contributed by atoms with Gasteiger partial charge in [0.2, 0.25) is 0 Å². The molecule has 0 heterocycles. The van der Waals surface area contributed by atoms with Crippen molar-refractivity contribution < 1.29 is 0 Å². The fourth-order valence-corrected chi connectivity index (χ4v) is 2.46. The standard InChI is InChI=1S/C17H13BrN2/c18-16-10-4-2-7-14(16)12-19-20-17-11-5-8-13-6-1-3-9-15(13)17/h1-12,20H. The second kappa shape index (κ2) is 5.88. The van der Waals surface area contributed by atoms with Crippen LogP contribution in [0.4, 0.5) is 5.69 Å². The smallest absolute Gasteiger partial charge is 0.0640 e. The fraction of sp³-hybridized carbons (Fsp3) is 0. The molecule has 20 heavy (non-hydrogen) atoms. The molecular weight excluding hydrogens is 312 g/mol. The number of halogens is 1. The van der Waals surface area contributed by atoms with Gasteiger partial charge in [-0.1, -0.05) is 70.5 Å². The van der Waals surface area contributed by atoms with Gasteiger partial charge in [-0.15, -0.1) is 0 Å². The molecule has 0 aromatic heterocycles. The van der Waals surface area contributed by atoms with Crippen molar-refractivity contribution in [3.63, 3.8) is 0 Å². The topological polar surface area (TPSA) is 24.4 Å². The van der Waals surface area contributed by atoms with Crippen molar-refractivity contribution in [2.75, 3.05) is 5.43 Å². The molecule has 0 unspecified atom stereocenters. The average Bonchev–Trinajstić information content (AvgIpc) is 2.49. The van der Waals surface area contributed by atoms with E-state index in [1.54, 1.807) is 0 Å². The number of fused-ring (bicyclic) bond motifs is 1. The minimum atomic E-state index is 1.01. The number of nitrogens with zero attached hydrogens (tertiary/aromatic N) is 1. The van der Waals surface area contributed by atoms with Gasteiger partial charge in [-0.2, -0.15) is 5.10 Å². The SMILES string of the molecule is Brc1ccccc1C=NNc1cccc2ccccc12. The van der Waals surface area contributed by atoms with E-state index in [2.05, 4.69) is 44.7 Å². The van der Waals surface area contributed by atoms with Gasteiger partial charge in [0, 0.05) is 15.4 Å². The molecule has 0 fully saturated rings. The first kappa shape index (κ1) is 12.9. The summed E-state index contributed by atoms with van der Waals surface area (Å²) >= 11 is 3.50. The van der Waals surface area contributed by atoms with Crippen LogP contribution >= 0.6 is 15.9 Å². The zero-order valence-electron chi connectivity index (χ0n) is 10.8. The van der Waals surface area contributed by atoms with Crippen molar-refractivity contribution in [2.24, 2.45) is 5.10 Å². The maximum atomic E-state index is 4.32. The maximum Gasteiger partial charge on any atom is 0.0640 e. The molecule has 0 amide bonds. The molecule has 0 atom stereocenters. The summed E-state index contributed by atoms with van der Waals surface area (Å²) in [5.41, 5.74) is 5.16. The van der Waals surface area contributed by atoms with Crippen LogP contribution in [0, 0.1) is 0 Å². The van der Waals surface area contributed by atoms with Crippen molar-refractivity contribution in [1.29, 1.82) is 0 Å². The van der Waals surface area contributed by atoms with E-state index in [0.717, 1.165) is 15.7 Å². The molecule has 3 aromatic rings. The summed E-state index contributed by atoms with van der Waals surface area (Å²) in [4.78, 5) is 0. The highest BCUT2D eigenvalue weighted by Crippen LogP contribution is 2.23. The second-order valence-corrected chi connectivity index (χ2v) is 5.27. The van der Waals surface area contributed by atoms with Gasteiger partial charge in [-0.05, 0) is 17.5 Å². The Morgan fingerprint density at radius 2 is 1.60 bits per heavy atom. The van der Waals surface area contributed by atoms with Gasteiger partial charge in [-0.25, -0.2) is 0 Å². The monoisotopic (exact) mass is 324 g/mol. The summed E-state index contributed by atoms with van der Waals surface area (Å²) in [7, 11) is 0. The fourth-order valence-electron chi connectivity index (χ4n) is 2.07. The van der Waals surface area contributed by atoms with Gasteiger partial charge in [0.1, 0.15) is 0 Å². The Morgan fingerprint density at radius 3 is 2.50 bits per heavy atom. The predicted molar refractivity (Wildman–Crippen MR) is 89.3 cm³/mol. The van der Waals surface area contributed by atoms with Crippen LogP contribution < -0.4 is 5.43 Å². The molecule has 0 bridgehead atoms. The predicted octanol–water partition coefficient (Wildman–Crippen LogP) is 5.05. The molecule has 0 saturated carbocycles. The van der Waals surface area contributed by atoms with Crippen LogP contribution in [0.5, 0.6) is 0 Å². The molecule has 3 heteroatoms. The van der Waals surface area contributed by atoms with E-state index in [0.29, 0.717) is 0 Å². The van der Waals surface area contributed by atoms with Crippen LogP contribution in [-0.2, 0) is 0 Å². The molecule has 3 aromatic carbocycles. The van der Waals surface area contributed by atoms with Crippen LogP contribution in [-0.4, -0.2) is 6.21 Å². The summed E-state index contributed by atoms with van der Waals surface area (Å²) in [5.74, 6) is 0. The number of benzene rings is 3. The number of nitrogens with one attached hydrogen (secondary N) is 1. The van der Waals surface area contributed by atoms with Gasteiger partial charge in [-0.3, -0.25) is 5.43 Å². The number of hydrazone groups is 1. The first-order valence-corrected chi connectivity index (χ1v) is 7.15. The van der Waals surface area contributed by atoms with Crippen molar-refractivity contribution in [3.8, 4) is 0 Å². The van der Waals surface area contributed by atoms with E-state index in [4.69, 9.17) is 0 Å². The largest absolute Gasteiger partial charge is 0.278 e. The van der Waals surface area contributed by atoms with Crippen molar-refractivity contribution in [3.05, 3.63) is 76.8 Å². The minimum absolute atomic E-state index is 1.01. The van der Waals surface area contributed by atoms with Crippen LogP contribution in [0.2, 0.25) is 0 Å². The Hall–Kier alpha value is -2.13. The van der Waals surface area contributed by atoms with Gasteiger partial charge < -0.3 is 0 Å². The van der Waals surface area contributed by atoms with E-state index in [9.17, 15) is 0 Å². The van der Waals surface area contributed by atoms with Crippen molar-refractivity contribution in [1.82, 2.24) is 0 Å². The van der Waals surface area contributed by atoms with Gasteiger partial charge in [0.05, 0.1) is 11.9 Å². The summed E-state index contributed by atoms with van der Waals surface area (Å²) in [6.07, 6.45) is 1.81. The molecule has 2 nitrogen and oxygen atoms in total. The first-order valence-electron chi connectivity index (χ1n) is 6.36. The molecule has 0 aliphatic rings. The summed E-state index contributed by atoms with van der Waals surface area (Å²) < 4.78 is 1.03. The van der Waals surface area contributed by atoms with E-state index in [-0.39, 0.29) is 0 Å². The molecule has 1 N–H and O–H groups in total. The lowest BCUT2D eigenvalue weighted by Crippen LogP contribution is -1.92. The molecule has 0 saturated heterocycles. The van der Waals surface area contributed by atoms with Gasteiger partial charge >= 0.3 is 0 Å². The van der Waals surface area contributed by atoms with E-state index < -0.39 is 0 Å². The average molecular weight is 325 g/mol. The van der Waals surface area contributed by atoms with Crippen molar-refractivity contribution >= 4 is 38.6 Å². The lowest BCUT2D eigenvalue weighted by Gasteiger charge is -2.05. The Bertz CT molecular complexity index is 760. The third-order valence-electron chi connectivity index (χ3n) is 3.08. The van der Waals surface area contributed by atoms with Gasteiger partial charge in [0.15, 0.2) is 0 Å². The quantitative estimate of drug-likeness (QED) is 0.529. The van der Waals surface area contributed by atoms with Crippen molar-refractivity contribution in [2.45, 2.75) is 0 Å². The second-order valence-electron chi connectivity index (χ2n) is 4.42. The third-order valence-corrected chi connectivity index (χ3v) is 3.81. The molecule has 0 aliphatic heterocycles. The molecule has 0 aliphatic carbocycles. The number of hydrogen-bond acceptors (Lipinski definition) is 2. The van der Waals surface area contributed by atoms with E-state index >= 15 is 0 Å². The lowest BCUT2D eigenvalue weighted by atomic mass is 10.1. The first-order chi connectivity index (χ1) is 9.84. The molecule has 0 spiro atoms. The molecule has 0 radical (unpaired) electrons. The summed E-state index contributed by atoms with van der Waals surface area (Å²) in [6.45, 7) is 0. The Kier molecular flexibility index (Phi) is 3.79. The molecular formula is C17H13BrN2. The van der Waals surface area contributed by atoms with Crippen LogP contribution in [0.15, 0.2) is 76.3 Å². The summed E-state index contributed by atoms with van der Waals surface area (Å²) in [6, 6.07) is 22.4. The highest BCUT2D eigenvalue weighted by Gasteiger charge is 1.98. The van der Waals surface area contributed by atoms with Crippen LogP contribution in [0.3, 0.4) is 0 Å². The molecule has 98 valence electrons. The Labute approximate surface area is 126 Å². The zero-order chi connectivity index (χ0) is 13.8. The van der Waals surface area contributed by atoms with Crippen LogP contribution in [0.25, 0.3) is 10.8 Å². The maximum absolute atomic E-state index is 4.32. The number of anilines is 1. The lowest BCUT2D eigenvalue weighted by molar-refractivity contribution is 1.36.